The number of hydrogen-bond donors (Lipinski definition) is 0. The van der Waals surface area contributed by atoms with E-state index in [1.54, 1.807) is 23.1 Å². The predicted molar refractivity (Wildman–Crippen MR) is 151 cm³/mol. The molecule has 0 aliphatic carbocycles. The van der Waals surface area contributed by atoms with E-state index >= 15 is 0 Å². The van der Waals surface area contributed by atoms with Gasteiger partial charge < -0.3 is 9.64 Å². The van der Waals surface area contributed by atoms with Crippen LogP contribution in [0.15, 0.2) is 53.9 Å². The number of nitrogens with zero attached hydrogens (tertiary/aromatic N) is 7. The lowest BCUT2D eigenvalue weighted by atomic mass is 10.1. The molecule has 0 N–H and O–H groups in total. The first-order valence-corrected chi connectivity index (χ1v) is 15.0. The summed E-state index contributed by atoms with van der Waals surface area (Å²) in [5, 5.41) is 4.17. The van der Waals surface area contributed by atoms with E-state index in [9.17, 15) is 22.0 Å². The summed E-state index contributed by atoms with van der Waals surface area (Å²) >= 11 is 0. The van der Waals surface area contributed by atoms with E-state index in [1.165, 1.54) is 24.7 Å². The van der Waals surface area contributed by atoms with E-state index in [-0.39, 0.29) is 40.0 Å². The average Bonchev–Trinajstić information content (AvgIpc) is 3.62. The average molecular weight is 600 g/mol. The van der Waals surface area contributed by atoms with E-state index in [2.05, 4.69) is 15.1 Å². The number of fused-ring (bicyclic) bond motifs is 3. The number of ether oxygens (including phenoxy) is 1. The van der Waals surface area contributed by atoms with Gasteiger partial charge in [0.1, 0.15) is 17.7 Å². The van der Waals surface area contributed by atoms with Gasteiger partial charge in [0.25, 0.3) is 10.0 Å². The molecule has 6 rings (SSSR count). The molecule has 3 aromatic heterocycles. The summed E-state index contributed by atoms with van der Waals surface area (Å²) in [4.78, 5) is 25.7. The normalized spacial score (nSPS) is 19.2. The third-order valence-corrected chi connectivity index (χ3v) is 9.29. The van der Waals surface area contributed by atoms with E-state index in [0.29, 0.717) is 29.0 Å². The molecule has 2 saturated heterocycles. The molecule has 222 valence electrons. The molecule has 42 heavy (non-hydrogen) atoms. The Morgan fingerprint density at radius 1 is 1.07 bits per heavy atom. The summed E-state index contributed by atoms with van der Waals surface area (Å²) in [7, 11) is -4.21. The van der Waals surface area contributed by atoms with Crippen molar-refractivity contribution in [3.8, 4) is 11.3 Å². The van der Waals surface area contributed by atoms with Crippen molar-refractivity contribution in [3.63, 3.8) is 0 Å². The number of benzene rings is 1. The molecule has 2 fully saturated rings. The number of rotatable bonds is 5. The van der Waals surface area contributed by atoms with Crippen LogP contribution in [0, 0.1) is 6.92 Å². The van der Waals surface area contributed by atoms with Gasteiger partial charge in [-0.1, -0.05) is 17.7 Å². The van der Waals surface area contributed by atoms with E-state index < -0.39 is 22.2 Å². The second kappa shape index (κ2) is 10.0. The van der Waals surface area contributed by atoms with Crippen molar-refractivity contribution in [1.29, 1.82) is 0 Å². The van der Waals surface area contributed by atoms with Gasteiger partial charge >= 0.3 is 12.6 Å². The van der Waals surface area contributed by atoms with Crippen molar-refractivity contribution >= 4 is 33.0 Å². The van der Waals surface area contributed by atoms with Gasteiger partial charge in [-0.25, -0.2) is 31.8 Å². The number of halogens is 2. The maximum Gasteiger partial charge on any atom is 0.410 e. The maximum atomic E-state index is 14.0. The minimum atomic E-state index is -4.21. The molecule has 4 aromatic rings. The summed E-state index contributed by atoms with van der Waals surface area (Å²) in [5.41, 5.74) is 0.698. The second-order valence-corrected chi connectivity index (χ2v) is 13.5. The Morgan fingerprint density at radius 2 is 1.74 bits per heavy atom. The molecule has 2 aliphatic rings. The van der Waals surface area contributed by atoms with Crippen LogP contribution in [0.5, 0.6) is 0 Å². The quantitative estimate of drug-likeness (QED) is 0.321. The minimum Gasteiger partial charge on any atom is -0.444 e. The van der Waals surface area contributed by atoms with Crippen LogP contribution in [-0.2, 0) is 14.8 Å². The van der Waals surface area contributed by atoms with Crippen LogP contribution in [0.1, 0.15) is 45.7 Å². The number of aryl methyl sites for hydroxylation is 1. The smallest absolute Gasteiger partial charge is 0.410 e. The molecule has 0 radical (unpaired) electrons. The first-order chi connectivity index (χ1) is 19.8. The lowest BCUT2D eigenvalue weighted by Gasteiger charge is -2.41. The number of alkyl halides is 2. The van der Waals surface area contributed by atoms with E-state index in [0.717, 1.165) is 28.6 Å². The Kier molecular flexibility index (Phi) is 6.71. The first-order valence-electron chi connectivity index (χ1n) is 13.6. The molecule has 0 spiro atoms. The van der Waals surface area contributed by atoms with Gasteiger partial charge in [0, 0.05) is 24.8 Å². The predicted octanol–water partition coefficient (Wildman–Crippen LogP) is 4.82. The Labute approximate surface area is 241 Å². The van der Waals surface area contributed by atoms with Gasteiger partial charge in [0.2, 0.25) is 0 Å². The monoisotopic (exact) mass is 599 g/mol. The molecule has 14 heteroatoms. The summed E-state index contributed by atoms with van der Waals surface area (Å²) in [5.74, 6) is 0.501. The van der Waals surface area contributed by atoms with Crippen LogP contribution in [0.2, 0.25) is 0 Å². The molecule has 2 bridgehead atoms. The van der Waals surface area contributed by atoms with Crippen LogP contribution in [0.4, 0.5) is 19.4 Å². The SMILES string of the molecule is Cc1ccc(S(=O)(=O)n2c(-c3cnn(C(F)F)c3)cc3c(N4CC5CCC(C4)N5C(=O)OC(C)(C)C)ncnc32)cc1. The number of hydrogen-bond acceptors (Lipinski definition) is 8. The van der Waals surface area contributed by atoms with Gasteiger partial charge in [-0.3, -0.25) is 4.90 Å². The summed E-state index contributed by atoms with van der Waals surface area (Å²) in [6.07, 6.45) is 4.86. The molecule has 2 unspecified atom stereocenters. The third kappa shape index (κ3) is 4.86. The van der Waals surface area contributed by atoms with Crippen molar-refractivity contribution in [2.45, 2.75) is 69.7 Å². The van der Waals surface area contributed by atoms with Crippen molar-refractivity contribution in [3.05, 3.63) is 54.6 Å². The second-order valence-electron chi connectivity index (χ2n) is 11.7. The zero-order valence-electron chi connectivity index (χ0n) is 23.6. The molecule has 11 nitrogen and oxygen atoms in total. The maximum absolute atomic E-state index is 14.0. The molecule has 1 amide bonds. The van der Waals surface area contributed by atoms with Crippen molar-refractivity contribution in [1.82, 2.24) is 28.6 Å². The van der Waals surface area contributed by atoms with Crippen LogP contribution in [0.3, 0.4) is 0 Å². The largest absolute Gasteiger partial charge is 0.444 e. The zero-order chi connectivity index (χ0) is 30.0. The number of carbonyl (C=O) groups is 1. The Morgan fingerprint density at radius 3 is 2.33 bits per heavy atom. The fourth-order valence-corrected chi connectivity index (χ4v) is 7.24. The molecule has 5 heterocycles. The third-order valence-electron chi connectivity index (χ3n) is 7.58. The van der Waals surface area contributed by atoms with Gasteiger partial charge in [-0.2, -0.15) is 13.9 Å². The molecule has 1 aromatic carbocycles. The summed E-state index contributed by atoms with van der Waals surface area (Å²) < 4.78 is 62.1. The lowest BCUT2D eigenvalue weighted by molar-refractivity contribution is 0.0122. The Bertz CT molecular complexity index is 1750. The van der Waals surface area contributed by atoms with Gasteiger partial charge in [0.15, 0.2) is 5.65 Å². The first kappa shape index (κ1) is 28.1. The van der Waals surface area contributed by atoms with Crippen LogP contribution in [-0.4, -0.2) is 73.9 Å². The van der Waals surface area contributed by atoms with Crippen LogP contribution >= 0.6 is 0 Å². The van der Waals surface area contributed by atoms with Crippen molar-refractivity contribution < 1.29 is 26.7 Å². The van der Waals surface area contributed by atoms with Crippen molar-refractivity contribution in [2.75, 3.05) is 18.0 Å². The van der Waals surface area contributed by atoms with Gasteiger partial charge in [-0.15, -0.1) is 0 Å². The number of anilines is 1. The topological polar surface area (TPSA) is 115 Å². The summed E-state index contributed by atoms with van der Waals surface area (Å²) in [6.45, 7) is 5.39. The number of amides is 1. The van der Waals surface area contributed by atoms with Crippen LogP contribution in [0.25, 0.3) is 22.3 Å². The molecule has 2 aliphatic heterocycles. The lowest BCUT2D eigenvalue weighted by Crippen LogP contribution is -2.57. The highest BCUT2D eigenvalue weighted by atomic mass is 32.2. The summed E-state index contributed by atoms with van der Waals surface area (Å²) in [6, 6.07) is 7.76. The standard InChI is InChI=1S/C28H31F2N7O4S/c1-17-5-9-21(10-6-17)42(39,40)37-23(18-12-33-35(13-18)26(29)30)11-22-24(31-16-32-25(22)37)34-14-19-7-8-20(15-34)36(19)27(38)41-28(2,3)4/h5-6,9-13,16,19-20,26H,7-8,14-15H2,1-4H3. The van der Waals surface area contributed by atoms with Crippen molar-refractivity contribution in [2.24, 2.45) is 0 Å². The fraction of sp³-hybridized carbons (Fsp3) is 0.429. The highest BCUT2D eigenvalue weighted by Crippen LogP contribution is 2.38. The van der Waals surface area contributed by atoms with Crippen LogP contribution < -0.4 is 4.90 Å². The Hall–Kier alpha value is -4.07. The van der Waals surface area contributed by atoms with E-state index in [1.807, 2.05) is 32.6 Å². The van der Waals surface area contributed by atoms with Gasteiger partial charge in [0.05, 0.1) is 34.3 Å². The molecular weight excluding hydrogens is 568 g/mol. The highest BCUT2D eigenvalue weighted by Gasteiger charge is 2.45. The van der Waals surface area contributed by atoms with E-state index in [4.69, 9.17) is 4.74 Å². The number of piperazine rings is 1. The highest BCUT2D eigenvalue weighted by molar-refractivity contribution is 7.90. The molecule has 0 saturated carbocycles. The molecular formula is C28H31F2N7O4S. The van der Waals surface area contributed by atoms with Gasteiger partial charge in [-0.05, 0) is 58.7 Å². The zero-order valence-corrected chi connectivity index (χ0v) is 24.4. The molecule has 2 atom stereocenters. The number of carbonyl (C=O) groups excluding carboxylic acids is 1. The Balaban J connectivity index is 1.45. The number of aromatic nitrogens is 5. The fourth-order valence-electron chi connectivity index (χ4n) is 5.75. The minimum absolute atomic E-state index is 0.0253.